The van der Waals surface area contributed by atoms with Gasteiger partial charge in [0.05, 0.1) is 17.6 Å². The molecule has 2 aromatic heterocycles. The van der Waals surface area contributed by atoms with Crippen LogP contribution in [-0.4, -0.2) is 27.2 Å². The Balaban J connectivity index is 2.37. The van der Waals surface area contributed by atoms with Crippen LogP contribution in [0.3, 0.4) is 0 Å². The zero-order chi connectivity index (χ0) is 15.6. The van der Waals surface area contributed by atoms with Gasteiger partial charge in [-0.1, -0.05) is 20.8 Å². The average molecular weight is 286 g/mol. The van der Waals surface area contributed by atoms with Crippen LogP contribution in [0.15, 0.2) is 30.6 Å². The number of amides is 1. The molecule has 0 aliphatic rings. The Hall–Kier alpha value is -2.17. The summed E-state index contributed by atoms with van der Waals surface area (Å²) in [5.74, 6) is -0.0593. The van der Waals surface area contributed by atoms with Crippen molar-refractivity contribution in [3.63, 3.8) is 0 Å². The Labute approximate surface area is 125 Å². The van der Waals surface area contributed by atoms with E-state index in [4.69, 9.17) is 0 Å². The molecule has 0 radical (unpaired) electrons. The lowest BCUT2D eigenvalue weighted by Gasteiger charge is -2.20. The first-order valence-corrected chi connectivity index (χ1v) is 7.11. The Morgan fingerprint density at radius 1 is 1.38 bits per heavy atom. The van der Waals surface area contributed by atoms with Crippen LogP contribution in [0.5, 0.6) is 0 Å². The predicted molar refractivity (Wildman–Crippen MR) is 83.5 cm³/mol. The fourth-order valence-electron chi connectivity index (χ4n) is 2.13. The number of nitrogens with zero attached hydrogens (tertiary/aromatic N) is 4. The minimum Gasteiger partial charge on any atom is -0.306 e. The van der Waals surface area contributed by atoms with Gasteiger partial charge in [0.15, 0.2) is 0 Å². The van der Waals surface area contributed by atoms with E-state index in [1.165, 1.54) is 0 Å². The maximum Gasteiger partial charge on any atom is 0.276 e. The van der Waals surface area contributed by atoms with Gasteiger partial charge in [-0.25, -0.2) is 0 Å². The van der Waals surface area contributed by atoms with Crippen LogP contribution in [0.4, 0.5) is 5.69 Å². The molecular formula is C16H22N4O. The molecule has 5 nitrogen and oxygen atoms in total. The Morgan fingerprint density at radius 2 is 2.10 bits per heavy atom. The van der Waals surface area contributed by atoms with Crippen molar-refractivity contribution in [2.75, 3.05) is 11.4 Å². The van der Waals surface area contributed by atoms with Gasteiger partial charge in [-0.15, -0.1) is 0 Å². The molecule has 2 rings (SSSR count). The van der Waals surface area contributed by atoms with E-state index < -0.39 is 0 Å². The van der Waals surface area contributed by atoms with Gasteiger partial charge in [0.25, 0.3) is 5.91 Å². The minimum atomic E-state index is -0.0817. The zero-order valence-electron chi connectivity index (χ0n) is 13.3. The Bertz CT molecular complexity index is 625. The maximum absolute atomic E-state index is 12.8. The largest absolute Gasteiger partial charge is 0.306 e. The molecule has 0 unspecified atom stereocenters. The Kier molecular flexibility index (Phi) is 4.11. The molecule has 21 heavy (non-hydrogen) atoms. The molecule has 0 spiro atoms. The molecule has 112 valence electrons. The highest BCUT2D eigenvalue weighted by molar-refractivity contribution is 6.04. The van der Waals surface area contributed by atoms with E-state index >= 15 is 0 Å². The first-order valence-electron chi connectivity index (χ1n) is 7.11. The number of hydrogen-bond donors (Lipinski definition) is 0. The molecule has 2 aromatic rings. The highest BCUT2D eigenvalue weighted by atomic mass is 16.2. The Morgan fingerprint density at radius 3 is 2.57 bits per heavy atom. The van der Waals surface area contributed by atoms with Gasteiger partial charge in [-0.05, 0) is 25.1 Å². The second-order valence-electron chi connectivity index (χ2n) is 6.05. The highest BCUT2D eigenvalue weighted by Gasteiger charge is 2.24. The van der Waals surface area contributed by atoms with Gasteiger partial charge in [-0.3, -0.25) is 14.5 Å². The first-order chi connectivity index (χ1) is 9.84. The average Bonchev–Trinajstić information content (AvgIpc) is 2.83. The van der Waals surface area contributed by atoms with Crippen LogP contribution in [-0.2, 0) is 12.5 Å². The van der Waals surface area contributed by atoms with Crippen LogP contribution in [0.25, 0.3) is 0 Å². The molecule has 0 fully saturated rings. The molecule has 0 N–H and O–H groups in total. The molecule has 2 heterocycles. The standard InChI is InChI=1S/C16H22N4O/c1-6-20(12-8-7-9-17-11-12)15(21)13-10-14(16(2,3)4)18-19(13)5/h7-11H,6H2,1-5H3. The predicted octanol–water partition coefficient (Wildman–Crippen LogP) is 2.78. The van der Waals surface area contributed by atoms with Gasteiger partial charge in [0.2, 0.25) is 0 Å². The number of carbonyl (C=O) groups excluding carboxylic acids is 1. The second kappa shape index (κ2) is 5.68. The van der Waals surface area contributed by atoms with Crippen LogP contribution in [0.1, 0.15) is 43.9 Å². The van der Waals surface area contributed by atoms with Gasteiger partial charge < -0.3 is 4.90 Å². The molecule has 1 amide bonds. The third-order valence-electron chi connectivity index (χ3n) is 3.39. The molecule has 5 heteroatoms. The van der Waals surface area contributed by atoms with Crippen LogP contribution in [0.2, 0.25) is 0 Å². The lowest BCUT2D eigenvalue weighted by Crippen LogP contribution is -2.32. The van der Waals surface area contributed by atoms with E-state index in [0.29, 0.717) is 12.2 Å². The lowest BCUT2D eigenvalue weighted by atomic mass is 9.92. The summed E-state index contributed by atoms with van der Waals surface area (Å²) in [4.78, 5) is 18.6. The van der Waals surface area contributed by atoms with Gasteiger partial charge in [-0.2, -0.15) is 5.10 Å². The van der Waals surface area contributed by atoms with Crippen molar-refractivity contribution in [3.05, 3.63) is 42.0 Å². The molecule has 0 atom stereocenters. The van der Waals surface area contributed by atoms with Crippen molar-refractivity contribution in [3.8, 4) is 0 Å². The van der Waals surface area contributed by atoms with Crippen molar-refractivity contribution in [1.82, 2.24) is 14.8 Å². The van der Waals surface area contributed by atoms with E-state index in [1.54, 1.807) is 29.0 Å². The van der Waals surface area contributed by atoms with Gasteiger partial charge >= 0.3 is 0 Å². The molecule has 0 aromatic carbocycles. The number of pyridine rings is 1. The smallest absolute Gasteiger partial charge is 0.276 e. The minimum absolute atomic E-state index is 0.0593. The number of aromatic nitrogens is 3. The SMILES string of the molecule is CCN(C(=O)c1cc(C(C)(C)C)nn1C)c1cccnc1. The van der Waals surface area contributed by atoms with E-state index in [0.717, 1.165) is 11.4 Å². The molecule has 0 aliphatic carbocycles. The number of aryl methyl sites for hydroxylation is 1. The van der Waals surface area contributed by atoms with Crippen LogP contribution >= 0.6 is 0 Å². The summed E-state index contributed by atoms with van der Waals surface area (Å²) in [6.45, 7) is 8.79. The summed E-state index contributed by atoms with van der Waals surface area (Å²) in [7, 11) is 1.81. The molecule has 0 bridgehead atoms. The third kappa shape index (κ3) is 3.12. The highest BCUT2D eigenvalue weighted by Crippen LogP contribution is 2.23. The van der Waals surface area contributed by atoms with E-state index in [1.807, 2.05) is 25.1 Å². The summed E-state index contributed by atoms with van der Waals surface area (Å²) in [5, 5.41) is 4.47. The third-order valence-corrected chi connectivity index (χ3v) is 3.39. The summed E-state index contributed by atoms with van der Waals surface area (Å²) < 4.78 is 1.65. The number of carbonyl (C=O) groups is 1. The van der Waals surface area contributed by atoms with Crippen molar-refractivity contribution >= 4 is 11.6 Å². The fraction of sp³-hybridized carbons (Fsp3) is 0.438. The van der Waals surface area contributed by atoms with Crippen molar-refractivity contribution in [2.45, 2.75) is 33.1 Å². The van der Waals surface area contributed by atoms with Crippen LogP contribution in [0, 0.1) is 0 Å². The zero-order valence-corrected chi connectivity index (χ0v) is 13.3. The number of hydrogen-bond acceptors (Lipinski definition) is 3. The van der Waals surface area contributed by atoms with Gasteiger partial charge in [0, 0.05) is 25.2 Å². The molecule has 0 saturated carbocycles. The summed E-state index contributed by atoms with van der Waals surface area (Å²) in [6.07, 6.45) is 3.39. The van der Waals surface area contributed by atoms with Crippen molar-refractivity contribution in [1.29, 1.82) is 0 Å². The summed E-state index contributed by atoms with van der Waals surface area (Å²) in [5.41, 5.74) is 2.21. The lowest BCUT2D eigenvalue weighted by molar-refractivity contribution is 0.0979. The maximum atomic E-state index is 12.8. The number of anilines is 1. The van der Waals surface area contributed by atoms with E-state index in [2.05, 4.69) is 30.9 Å². The summed E-state index contributed by atoms with van der Waals surface area (Å²) in [6, 6.07) is 5.59. The van der Waals surface area contributed by atoms with Crippen molar-refractivity contribution in [2.24, 2.45) is 7.05 Å². The topological polar surface area (TPSA) is 51.0 Å². The monoisotopic (exact) mass is 286 g/mol. The second-order valence-corrected chi connectivity index (χ2v) is 6.05. The first kappa shape index (κ1) is 15.2. The molecular weight excluding hydrogens is 264 g/mol. The van der Waals surface area contributed by atoms with Gasteiger partial charge in [0.1, 0.15) is 5.69 Å². The number of rotatable bonds is 3. The fourth-order valence-corrected chi connectivity index (χ4v) is 2.13. The summed E-state index contributed by atoms with van der Waals surface area (Å²) >= 11 is 0. The van der Waals surface area contributed by atoms with Crippen molar-refractivity contribution < 1.29 is 4.79 Å². The molecule has 0 saturated heterocycles. The quantitative estimate of drug-likeness (QED) is 0.871. The van der Waals surface area contributed by atoms with E-state index in [-0.39, 0.29) is 11.3 Å². The van der Waals surface area contributed by atoms with E-state index in [9.17, 15) is 4.79 Å². The van der Waals surface area contributed by atoms with Crippen LogP contribution < -0.4 is 4.90 Å². The normalized spacial score (nSPS) is 11.5. The molecule has 0 aliphatic heterocycles.